The van der Waals surface area contributed by atoms with Gasteiger partial charge in [0.25, 0.3) is 0 Å². The lowest BCUT2D eigenvalue weighted by molar-refractivity contribution is 0.0697. The van der Waals surface area contributed by atoms with E-state index in [0.717, 1.165) is 17.1 Å². The summed E-state index contributed by atoms with van der Waals surface area (Å²) < 4.78 is 0. The number of benzene rings is 1. The lowest BCUT2D eigenvalue weighted by Gasteiger charge is -2.17. The molecule has 0 unspecified atom stereocenters. The van der Waals surface area contributed by atoms with Crippen LogP contribution in [0.1, 0.15) is 29.8 Å². The van der Waals surface area contributed by atoms with Crippen molar-refractivity contribution in [1.82, 2.24) is 0 Å². The SMILES string of the molecule is CC(C)(N)CSCc1cccc(C(=O)O)c1. The van der Waals surface area contributed by atoms with Crippen LogP contribution in [-0.2, 0) is 5.75 Å². The van der Waals surface area contributed by atoms with Gasteiger partial charge in [-0.25, -0.2) is 4.79 Å². The van der Waals surface area contributed by atoms with Gasteiger partial charge in [0.1, 0.15) is 0 Å². The number of aromatic carboxylic acids is 1. The summed E-state index contributed by atoms with van der Waals surface area (Å²) in [5.74, 6) is 0.762. The van der Waals surface area contributed by atoms with Gasteiger partial charge in [-0.15, -0.1) is 0 Å². The van der Waals surface area contributed by atoms with E-state index in [1.165, 1.54) is 0 Å². The zero-order valence-electron chi connectivity index (χ0n) is 9.56. The maximum atomic E-state index is 10.8. The molecular formula is C12H17NO2S. The van der Waals surface area contributed by atoms with Gasteiger partial charge in [0.05, 0.1) is 5.56 Å². The van der Waals surface area contributed by atoms with Crippen molar-refractivity contribution in [1.29, 1.82) is 0 Å². The van der Waals surface area contributed by atoms with Crippen molar-refractivity contribution in [2.24, 2.45) is 5.73 Å². The highest BCUT2D eigenvalue weighted by atomic mass is 32.2. The number of nitrogens with two attached hydrogens (primary N) is 1. The highest BCUT2D eigenvalue weighted by Gasteiger charge is 2.10. The number of carboxylic acid groups (broad SMARTS) is 1. The largest absolute Gasteiger partial charge is 0.478 e. The smallest absolute Gasteiger partial charge is 0.335 e. The first-order valence-corrected chi connectivity index (χ1v) is 6.23. The van der Waals surface area contributed by atoms with Crippen LogP contribution in [0.25, 0.3) is 0 Å². The molecule has 3 N–H and O–H groups in total. The van der Waals surface area contributed by atoms with E-state index >= 15 is 0 Å². The van der Waals surface area contributed by atoms with Crippen molar-refractivity contribution in [2.75, 3.05) is 5.75 Å². The van der Waals surface area contributed by atoms with Gasteiger partial charge < -0.3 is 10.8 Å². The number of carbonyl (C=O) groups is 1. The zero-order valence-corrected chi connectivity index (χ0v) is 10.4. The molecule has 0 saturated carbocycles. The quantitative estimate of drug-likeness (QED) is 0.828. The maximum absolute atomic E-state index is 10.8. The average molecular weight is 239 g/mol. The van der Waals surface area contributed by atoms with E-state index in [1.807, 2.05) is 19.9 Å². The predicted octanol–water partition coefficient (Wildman–Crippen LogP) is 2.36. The number of thioether (sulfide) groups is 1. The summed E-state index contributed by atoms with van der Waals surface area (Å²) in [6.45, 7) is 3.96. The Bertz CT molecular complexity index is 372. The van der Waals surface area contributed by atoms with E-state index in [2.05, 4.69) is 0 Å². The van der Waals surface area contributed by atoms with Crippen LogP contribution in [0.15, 0.2) is 24.3 Å². The summed E-state index contributed by atoms with van der Waals surface area (Å²) in [6.07, 6.45) is 0. The molecule has 0 radical (unpaired) electrons. The predicted molar refractivity (Wildman–Crippen MR) is 67.8 cm³/mol. The Morgan fingerprint density at radius 3 is 2.75 bits per heavy atom. The molecule has 3 nitrogen and oxygen atoms in total. The summed E-state index contributed by atoms with van der Waals surface area (Å²) in [5, 5.41) is 8.84. The minimum Gasteiger partial charge on any atom is -0.478 e. The molecule has 0 aliphatic heterocycles. The summed E-state index contributed by atoms with van der Waals surface area (Å²) in [7, 11) is 0. The highest BCUT2D eigenvalue weighted by Crippen LogP contribution is 2.17. The zero-order chi connectivity index (χ0) is 12.2. The fraction of sp³-hybridized carbons (Fsp3) is 0.417. The summed E-state index contributed by atoms with van der Waals surface area (Å²) >= 11 is 1.72. The molecular weight excluding hydrogens is 222 g/mol. The molecule has 0 atom stereocenters. The minimum atomic E-state index is -0.883. The van der Waals surface area contributed by atoms with Gasteiger partial charge in [0.15, 0.2) is 0 Å². The van der Waals surface area contributed by atoms with Crippen LogP contribution in [0.2, 0.25) is 0 Å². The molecule has 1 rings (SSSR count). The van der Waals surface area contributed by atoms with Crippen LogP contribution >= 0.6 is 11.8 Å². The number of hydrogen-bond donors (Lipinski definition) is 2. The number of rotatable bonds is 5. The van der Waals surface area contributed by atoms with Gasteiger partial charge in [0.2, 0.25) is 0 Å². The van der Waals surface area contributed by atoms with E-state index in [4.69, 9.17) is 10.8 Å². The Balaban J connectivity index is 2.55. The summed E-state index contributed by atoms with van der Waals surface area (Å²) in [5.41, 5.74) is 7.04. The monoisotopic (exact) mass is 239 g/mol. The third kappa shape index (κ3) is 4.68. The lowest BCUT2D eigenvalue weighted by atomic mass is 10.1. The van der Waals surface area contributed by atoms with Crippen molar-refractivity contribution < 1.29 is 9.90 Å². The van der Waals surface area contributed by atoms with E-state index in [-0.39, 0.29) is 5.54 Å². The van der Waals surface area contributed by atoms with Gasteiger partial charge in [-0.1, -0.05) is 12.1 Å². The van der Waals surface area contributed by atoms with E-state index in [1.54, 1.807) is 30.0 Å². The van der Waals surface area contributed by atoms with Crippen LogP contribution in [0.5, 0.6) is 0 Å². The molecule has 0 bridgehead atoms. The second-order valence-corrected chi connectivity index (χ2v) is 5.47. The molecule has 1 aromatic rings. The fourth-order valence-corrected chi connectivity index (χ4v) is 2.27. The van der Waals surface area contributed by atoms with E-state index in [0.29, 0.717) is 5.56 Å². The van der Waals surface area contributed by atoms with Crippen molar-refractivity contribution in [3.05, 3.63) is 35.4 Å². The first-order valence-electron chi connectivity index (χ1n) is 5.07. The minimum absolute atomic E-state index is 0.185. The first kappa shape index (κ1) is 13.1. The lowest BCUT2D eigenvalue weighted by Crippen LogP contribution is -2.34. The molecule has 0 fully saturated rings. The second kappa shape index (κ2) is 5.37. The summed E-state index contributed by atoms with van der Waals surface area (Å²) in [6, 6.07) is 7.01. The fourth-order valence-electron chi connectivity index (χ4n) is 1.23. The molecule has 4 heteroatoms. The van der Waals surface area contributed by atoms with Gasteiger partial charge in [-0.2, -0.15) is 11.8 Å². The van der Waals surface area contributed by atoms with Crippen LogP contribution in [-0.4, -0.2) is 22.4 Å². The Labute approximate surface area is 100 Å². The van der Waals surface area contributed by atoms with Crippen LogP contribution < -0.4 is 5.73 Å². The van der Waals surface area contributed by atoms with Crippen LogP contribution in [0, 0.1) is 0 Å². The average Bonchev–Trinajstić information content (AvgIpc) is 2.16. The van der Waals surface area contributed by atoms with Crippen LogP contribution in [0.4, 0.5) is 0 Å². The normalized spacial score (nSPS) is 11.4. The molecule has 16 heavy (non-hydrogen) atoms. The van der Waals surface area contributed by atoms with Crippen molar-refractivity contribution in [2.45, 2.75) is 25.1 Å². The molecule has 0 heterocycles. The molecule has 0 spiro atoms. The Morgan fingerprint density at radius 1 is 1.50 bits per heavy atom. The van der Waals surface area contributed by atoms with Gasteiger partial charge in [-0.3, -0.25) is 0 Å². The second-order valence-electron chi connectivity index (χ2n) is 4.49. The summed E-state index contributed by atoms with van der Waals surface area (Å²) in [4.78, 5) is 10.8. The van der Waals surface area contributed by atoms with Crippen molar-refractivity contribution in [3.63, 3.8) is 0 Å². The Hall–Kier alpha value is -1.00. The number of hydrogen-bond acceptors (Lipinski definition) is 3. The third-order valence-electron chi connectivity index (χ3n) is 1.92. The standard InChI is InChI=1S/C12H17NO2S/c1-12(2,13)8-16-7-9-4-3-5-10(6-9)11(14)15/h3-6H,7-8,13H2,1-2H3,(H,14,15). The highest BCUT2D eigenvalue weighted by molar-refractivity contribution is 7.98. The van der Waals surface area contributed by atoms with E-state index in [9.17, 15) is 4.79 Å². The molecule has 0 aliphatic rings. The molecule has 0 amide bonds. The molecule has 1 aromatic carbocycles. The Morgan fingerprint density at radius 2 is 2.19 bits per heavy atom. The van der Waals surface area contributed by atoms with Crippen LogP contribution in [0.3, 0.4) is 0 Å². The van der Waals surface area contributed by atoms with Crippen molar-refractivity contribution >= 4 is 17.7 Å². The molecule has 0 saturated heterocycles. The molecule has 88 valence electrons. The number of carboxylic acids is 1. The van der Waals surface area contributed by atoms with Crippen molar-refractivity contribution in [3.8, 4) is 0 Å². The maximum Gasteiger partial charge on any atom is 0.335 e. The third-order valence-corrected chi connectivity index (χ3v) is 3.40. The molecule has 0 aromatic heterocycles. The first-order chi connectivity index (χ1) is 7.38. The van der Waals surface area contributed by atoms with Gasteiger partial charge in [0, 0.05) is 17.0 Å². The Kier molecular flexibility index (Phi) is 4.38. The van der Waals surface area contributed by atoms with Gasteiger partial charge in [-0.05, 0) is 31.5 Å². The van der Waals surface area contributed by atoms with E-state index < -0.39 is 5.97 Å². The topological polar surface area (TPSA) is 63.3 Å². The van der Waals surface area contributed by atoms with Gasteiger partial charge >= 0.3 is 5.97 Å². The molecule has 0 aliphatic carbocycles.